The second-order valence-electron chi connectivity index (χ2n) is 7.30. The van der Waals surface area contributed by atoms with Crippen molar-refractivity contribution in [3.05, 3.63) is 0 Å². The summed E-state index contributed by atoms with van der Waals surface area (Å²) in [6, 6.07) is 0. The lowest BCUT2D eigenvalue weighted by atomic mass is 9.58. The van der Waals surface area contributed by atoms with Gasteiger partial charge in [-0.1, -0.05) is 13.8 Å². The summed E-state index contributed by atoms with van der Waals surface area (Å²) in [4.78, 5) is 11.6. The minimum absolute atomic E-state index is 0.0379. The van der Waals surface area contributed by atoms with Crippen LogP contribution < -0.4 is 0 Å². The smallest absolute Gasteiger partial charge is 0.201 e. The minimum Gasteiger partial charge on any atom is -0.368 e. The zero-order valence-electron chi connectivity index (χ0n) is 12.4. The lowest BCUT2D eigenvalue weighted by Gasteiger charge is -2.59. The van der Waals surface area contributed by atoms with Gasteiger partial charge >= 0.3 is 0 Å². The van der Waals surface area contributed by atoms with Gasteiger partial charge < -0.3 is 14.6 Å². The third-order valence-electron chi connectivity index (χ3n) is 6.12. The highest BCUT2D eigenvalue weighted by molar-refractivity contribution is 5.08. The first kappa shape index (κ1) is 13.5. The van der Waals surface area contributed by atoms with Gasteiger partial charge in [-0.2, -0.15) is 0 Å². The maximum absolute atomic E-state index is 10.2. The fraction of sp³-hybridized carbons (Fsp3) is 1.00. The van der Waals surface area contributed by atoms with E-state index in [-0.39, 0.29) is 11.8 Å². The van der Waals surface area contributed by atoms with E-state index in [2.05, 4.69) is 6.92 Å². The lowest BCUT2D eigenvalue weighted by molar-refractivity contribution is -0.576. The molecule has 5 aliphatic rings. The number of ether oxygens (including phenoxy) is 2. The molecule has 0 aromatic rings. The molecule has 4 saturated heterocycles. The molecule has 4 aliphatic heterocycles. The first-order chi connectivity index (χ1) is 9.46. The van der Waals surface area contributed by atoms with E-state index in [0.29, 0.717) is 11.8 Å². The van der Waals surface area contributed by atoms with Gasteiger partial charge in [0.25, 0.3) is 0 Å². The van der Waals surface area contributed by atoms with Crippen LogP contribution in [0.15, 0.2) is 0 Å². The average Bonchev–Trinajstić information content (AvgIpc) is 2.63. The molecule has 0 aromatic carbocycles. The van der Waals surface area contributed by atoms with E-state index in [9.17, 15) is 5.11 Å². The number of aliphatic hydroxyl groups excluding tert-OH is 1. The highest BCUT2D eigenvalue weighted by atomic mass is 17.3. The van der Waals surface area contributed by atoms with Crippen molar-refractivity contribution in [2.45, 2.75) is 70.4 Å². The molecule has 0 aromatic heterocycles. The van der Waals surface area contributed by atoms with Crippen LogP contribution in [-0.2, 0) is 19.2 Å². The largest absolute Gasteiger partial charge is 0.368 e. The van der Waals surface area contributed by atoms with Crippen LogP contribution in [0.25, 0.3) is 0 Å². The Morgan fingerprint density at radius 3 is 2.65 bits per heavy atom. The van der Waals surface area contributed by atoms with Crippen molar-refractivity contribution in [1.29, 1.82) is 0 Å². The molecule has 5 rings (SSSR count). The maximum Gasteiger partial charge on any atom is 0.201 e. The van der Waals surface area contributed by atoms with Gasteiger partial charge in [-0.15, -0.1) is 0 Å². The third-order valence-corrected chi connectivity index (χ3v) is 6.12. The van der Waals surface area contributed by atoms with E-state index in [1.165, 1.54) is 6.42 Å². The molecule has 0 radical (unpaired) electrons. The molecule has 0 unspecified atom stereocenters. The molecule has 1 N–H and O–H groups in total. The Morgan fingerprint density at radius 2 is 1.85 bits per heavy atom. The molecule has 1 saturated carbocycles. The van der Waals surface area contributed by atoms with E-state index in [1.807, 2.05) is 13.8 Å². The maximum atomic E-state index is 10.2. The van der Waals surface area contributed by atoms with E-state index < -0.39 is 24.0 Å². The van der Waals surface area contributed by atoms with E-state index in [4.69, 9.17) is 19.2 Å². The summed E-state index contributed by atoms with van der Waals surface area (Å²) >= 11 is 0. The number of hydrogen-bond acceptors (Lipinski definition) is 5. The Bertz CT molecular complexity index is 411. The quantitative estimate of drug-likeness (QED) is 0.691. The van der Waals surface area contributed by atoms with Gasteiger partial charge in [-0.05, 0) is 38.0 Å². The number of hydrogen-bond donors (Lipinski definition) is 1. The number of rotatable bonds is 0. The molecule has 1 spiro atoms. The molecule has 114 valence electrons. The van der Waals surface area contributed by atoms with Crippen molar-refractivity contribution in [1.82, 2.24) is 0 Å². The standard InChI is InChI=1S/C15H24O5/c1-8-4-5-11-9(2)12(16)17-13-15(11)10(8)6-7-14(3,18-13)19-20-15/h8-13,16H,4-7H2,1-3H3/t8-,9-,10+,11+,12+,13-,14-,15-/m1/s1. The zero-order chi connectivity index (χ0) is 14.1. The summed E-state index contributed by atoms with van der Waals surface area (Å²) < 4.78 is 11.9. The topological polar surface area (TPSA) is 57.2 Å². The SMILES string of the molecule is C[C@H]1[C@@H](O)O[C@@H]2O[C@@]3(C)CC[C@H]4[C@H](C)CC[C@@H]1[C@@]24OO3. The molecule has 5 heteroatoms. The molecule has 4 heterocycles. The van der Waals surface area contributed by atoms with Crippen molar-refractivity contribution in [3.8, 4) is 0 Å². The minimum atomic E-state index is -0.781. The van der Waals surface area contributed by atoms with Crippen molar-refractivity contribution in [2.24, 2.45) is 23.7 Å². The molecule has 5 nitrogen and oxygen atoms in total. The van der Waals surface area contributed by atoms with E-state index in [0.717, 1.165) is 19.3 Å². The van der Waals surface area contributed by atoms with Crippen molar-refractivity contribution < 1.29 is 24.4 Å². The Balaban J connectivity index is 1.82. The van der Waals surface area contributed by atoms with Crippen LogP contribution in [0.1, 0.15) is 46.5 Å². The highest BCUT2D eigenvalue weighted by Crippen LogP contribution is 2.60. The summed E-state index contributed by atoms with van der Waals surface area (Å²) in [5, 5.41) is 10.2. The number of fused-ring (bicyclic) bond motifs is 2. The zero-order valence-corrected chi connectivity index (χ0v) is 12.4. The Hall–Kier alpha value is -0.200. The van der Waals surface area contributed by atoms with Crippen LogP contribution in [-0.4, -0.2) is 29.1 Å². The fourth-order valence-electron chi connectivity index (χ4n) is 4.89. The van der Waals surface area contributed by atoms with Gasteiger partial charge in [-0.25, -0.2) is 9.78 Å². The summed E-state index contributed by atoms with van der Waals surface area (Å²) in [6.45, 7) is 6.22. The van der Waals surface area contributed by atoms with Crippen LogP contribution in [0.5, 0.6) is 0 Å². The third kappa shape index (κ3) is 1.56. The van der Waals surface area contributed by atoms with Gasteiger partial charge in [0.05, 0.1) is 0 Å². The van der Waals surface area contributed by atoms with Gasteiger partial charge in [0.15, 0.2) is 18.2 Å². The molecule has 0 amide bonds. The molecule has 8 atom stereocenters. The summed E-state index contributed by atoms with van der Waals surface area (Å²) in [5.41, 5.74) is -0.549. The fourth-order valence-corrected chi connectivity index (χ4v) is 4.89. The first-order valence-corrected chi connectivity index (χ1v) is 7.84. The normalized spacial score (nSPS) is 61.8. The monoisotopic (exact) mass is 284 g/mol. The van der Waals surface area contributed by atoms with E-state index in [1.54, 1.807) is 0 Å². The number of aliphatic hydroxyl groups is 1. The molecular formula is C15H24O5. The highest BCUT2D eigenvalue weighted by Gasteiger charge is 2.69. The molecule has 5 fully saturated rings. The second kappa shape index (κ2) is 4.17. The predicted molar refractivity (Wildman–Crippen MR) is 69.0 cm³/mol. The van der Waals surface area contributed by atoms with E-state index >= 15 is 0 Å². The van der Waals surface area contributed by atoms with Gasteiger partial charge in [0.1, 0.15) is 0 Å². The van der Waals surface area contributed by atoms with Crippen molar-refractivity contribution in [3.63, 3.8) is 0 Å². The Morgan fingerprint density at radius 1 is 1.05 bits per heavy atom. The molecular weight excluding hydrogens is 260 g/mol. The van der Waals surface area contributed by atoms with Crippen LogP contribution in [0, 0.1) is 23.7 Å². The Kier molecular flexibility index (Phi) is 2.81. The summed E-state index contributed by atoms with van der Waals surface area (Å²) in [7, 11) is 0. The van der Waals surface area contributed by atoms with Crippen LogP contribution in [0.3, 0.4) is 0 Å². The predicted octanol–water partition coefficient (Wildman–Crippen LogP) is 2.19. The first-order valence-electron chi connectivity index (χ1n) is 7.84. The van der Waals surface area contributed by atoms with Gasteiger partial charge in [0.2, 0.25) is 5.79 Å². The van der Waals surface area contributed by atoms with Gasteiger partial charge in [-0.3, -0.25) is 0 Å². The van der Waals surface area contributed by atoms with Crippen LogP contribution in [0.2, 0.25) is 0 Å². The summed E-state index contributed by atoms with van der Waals surface area (Å²) in [5.74, 6) is 0.437. The molecule has 2 bridgehead atoms. The second-order valence-corrected chi connectivity index (χ2v) is 7.30. The van der Waals surface area contributed by atoms with Gasteiger partial charge in [0, 0.05) is 18.3 Å². The molecule has 20 heavy (non-hydrogen) atoms. The Labute approximate surface area is 119 Å². The van der Waals surface area contributed by atoms with Crippen molar-refractivity contribution in [2.75, 3.05) is 0 Å². The lowest BCUT2D eigenvalue weighted by Crippen LogP contribution is -2.70. The van der Waals surface area contributed by atoms with Crippen LogP contribution in [0.4, 0.5) is 0 Å². The summed E-state index contributed by atoms with van der Waals surface area (Å²) in [6.07, 6.45) is 2.72. The molecule has 1 aliphatic carbocycles. The average molecular weight is 284 g/mol. The van der Waals surface area contributed by atoms with Crippen molar-refractivity contribution >= 4 is 0 Å². The van der Waals surface area contributed by atoms with Crippen LogP contribution >= 0.6 is 0 Å².